The number of hydrogen-bond acceptors (Lipinski definition) is 9. The van der Waals surface area contributed by atoms with Crippen LogP contribution in [0.25, 0.3) is 0 Å². The van der Waals surface area contributed by atoms with Crippen LogP contribution < -0.4 is 59.1 Å². The van der Waals surface area contributed by atoms with Crippen LogP contribution in [0.2, 0.25) is 0 Å². The molecule has 2 aromatic carbocycles. The summed E-state index contributed by atoms with van der Waals surface area (Å²) in [7, 11) is -7.17. The summed E-state index contributed by atoms with van der Waals surface area (Å²) in [5.74, 6) is -0.899. The summed E-state index contributed by atoms with van der Waals surface area (Å²) in [6.07, 6.45) is 0.352. The van der Waals surface area contributed by atoms with Crippen LogP contribution in [-0.4, -0.2) is 30.0 Å². The number of ketones is 2. The van der Waals surface area contributed by atoms with Gasteiger partial charge in [-0.25, -0.2) is 8.42 Å². The van der Waals surface area contributed by atoms with Crippen LogP contribution >= 0.6 is 0 Å². The molecule has 0 aromatic heterocycles. The number of benzene rings is 2. The van der Waals surface area contributed by atoms with Gasteiger partial charge in [0.25, 0.3) is 0 Å². The van der Waals surface area contributed by atoms with Gasteiger partial charge in [-0.3, -0.25) is 9.59 Å². The second kappa shape index (κ2) is 9.86. The summed E-state index contributed by atoms with van der Waals surface area (Å²) in [5, 5.41) is 0. The molecule has 0 bridgehead atoms. The average molecular weight is 465 g/mol. The zero-order chi connectivity index (χ0) is 19.5. The third-order valence-electron chi connectivity index (χ3n) is 4.78. The monoisotopic (exact) mass is 465 g/mol. The van der Waals surface area contributed by atoms with Crippen molar-refractivity contribution in [1.29, 1.82) is 0 Å². The van der Waals surface area contributed by atoms with Gasteiger partial charge in [0.1, 0.15) is 10.1 Å². The van der Waals surface area contributed by atoms with Crippen molar-refractivity contribution in [2.45, 2.75) is 22.6 Å². The van der Waals surface area contributed by atoms with Gasteiger partial charge in [0.05, 0.1) is 4.90 Å². The molecule has 0 saturated carbocycles. The minimum atomic E-state index is -4.70. The van der Waals surface area contributed by atoms with Gasteiger partial charge in [0.2, 0.25) is 0 Å². The van der Waals surface area contributed by atoms with Gasteiger partial charge in [-0.15, -0.1) is 0 Å². The maximum Gasteiger partial charge on any atom is 1.00 e. The fourth-order valence-corrected chi connectivity index (χ4v) is 4.35. The number of carbonyl (C=O) groups excluding carboxylic acids is 2. The Morgan fingerprint density at radius 2 is 1.27 bits per heavy atom. The van der Waals surface area contributed by atoms with Gasteiger partial charge in [0.15, 0.2) is 11.6 Å². The van der Waals surface area contributed by atoms with Crippen molar-refractivity contribution in [3.05, 3.63) is 69.8 Å². The number of allylic oxidation sites excluding steroid dienone is 2. The summed E-state index contributed by atoms with van der Waals surface area (Å²) in [4.78, 5) is 24.9. The fourth-order valence-electron chi connectivity index (χ4n) is 3.46. The van der Waals surface area contributed by atoms with Crippen molar-refractivity contribution in [1.82, 2.24) is 0 Å². The molecule has 146 valence electrons. The van der Waals surface area contributed by atoms with E-state index in [1.165, 1.54) is 18.2 Å². The van der Waals surface area contributed by atoms with E-state index in [0.29, 0.717) is 11.1 Å². The molecular formula is C18H11Na2O8S2-. The van der Waals surface area contributed by atoms with Crippen LogP contribution in [0.1, 0.15) is 31.8 Å². The van der Waals surface area contributed by atoms with E-state index in [4.69, 9.17) is 0 Å². The summed E-state index contributed by atoms with van der Waals surface area (Å²) in [6, 6.07) is 7.79. The first-order valence-corrected chi connectivity index (χ1v) is 10.3. The molecule has 0 spiro atoms. The Bertz CT molecular complexity index is 1270. The molecular weight excluding hydrogens is 454 g/mol. The molecule has 2 aromatic rings. The Labute approximate surface area is 218 Å². The maximum atomic E-state index is 12.7. The van der Waals surface area contributed by atoms with Gasteiger partial charge in [-0.2, -0.15) is 0 Å². The molecule has 0 unspecified atom stereocenters. The van der Waals surface area contributed by atoms with Gasteiger partial charge in [-0.05, 0) is 34.0 Å². The first-order chi connectivity index (χ1) is 12.7. The van der Waals surface area contributed by atoms with Crippen molar-refractivity contribution in [2.24, 2.45) is 0 Å². The number of fused-ring (bicyclic) bond motifs is 2. The minimum absolute atomic E-state index is 0. The minimum Gasteiger partial charge on any atom is -0.870 e. The molecule has 0 heterocycles. The zero-order valence-electron chi connectivity index (χ0n) is 16.0. The van der Waals surface area contributed by atoms with Crippen molar-refractivity contribution in [3.8, 4) is 0 Å². The molecule has 1 N–H and O–H groups in total. The smallest absolute Gasteiger partial charge is 0.870 e. The molecule has 12 heteroatoms. The molecule has 0 fully saturated rings. The van der Waals surface area contributed by atoms with Crippen LogP contribution in [0.3, 0.4) is 0 Å². The van der Waals surface area contributed by atoms with Crippen LogP contribution in [0.5, 0.6) is 0 Å². The van der Waals surface area contributed by atoms with Crippen molar-refractivity contribution in [2.75, 3.05) is 0 Å². The summed E-state index contributed by atoms with van der Waals surface area (Å²) in [5.41, 5.74) is 2.02. The van der Waals surface area contributed by atoms with Gasteiger partial charge in [0, 0.05) is 35.1 Å². The third kappa shape index (κ3) is 4.73. The predicted molar refractivity (Wildman–Crippen MR) is 92.9 cm³/mol. The normalized spacial score (nSPS) is 17.0. The molecule has 0 radical (unpaired) electrons. The van der Waals surface area contributed by atoms with E-state index in [1.54, 1.807) is 6.07 Å². The molecule has 2 aliphatic rings. The van der Waals surface area contributed by atoms with Gasteiger partial charge in [-0.1, -0.05) is 29.2 Å². The quantitative estimate of drug-likeness (QED) is 0.186. The van der Waals surface area contributed by atoms with Crippen LogP contribution in [0.15, 0.2) is 57.3 Å². The largest absolute Gasteiger partial charge is 1.00 e. The van der Waals surface area contributed by atoms with E-state index in [9.17, 15) is 31.0 Å². The molecule has 2 aliphatic carbocycles. The number of carbonyl (C=O) groups is 2. The number of hydrogen-bond donors (Lipinski definition) is 0. The molecule has 0 atom stereocenters. The third-order valence-corrected chi connectivity index (χ3v) is 6.25. The molecule has 4 rings (SSSR count). The van der Waals surface area contributed by atoms with E-state index in [0.717, 1.165) is 12.1 Å². The topological polar surface area (TPSA) is 155 Å². The van der Waals surface area contributed by atoms with Crippen LogP contribution in [-0.2, 0) is 42.1 Å². The summed E-state index contributed by atoms with van der Waals surface area (Å²) < 4.78 is 55.8. The van der Waals surface area contributed by atoms with Gasteiger partial charge >= 0.3 is 59.1 Å². The second-order valence-electron chi connectivity index (χ2n) is 6.30. The van der Waals surface area contributed by atoms with Gasteiger partial charge < -0.3 is 18.4 Å². The van der Waals surface area contributed by atoms with E-state index < -0.39 is 37.3 Å². The SMILES string of the molecule is O=C1/C(=C2\Cc3ccc(S(=O)(=O)[O-])cc3C2=O)Cc2ccc([S-](=O)=O)cc21.[Na+].[Na+].[OH-]. The van der Waals surface area contributed by atoms with E-state index in [1.807, 2.05) is 0 Å². The molecule has 0 aliphatic heterocycles. The Balaban J connectivity index is 0.00000150. The number of Topliss-reactive ketones (excluding diaryl/α,β-unsaturated/α-hetero) is 2. The maximum absolute atomic E-state index is 12.7. The Morgan fingerprint density at radius 1 is 0.800 bits per heavy atom. The van der Waals surface area contributed by atoms with Crippen molar-refractivity contribution in [3.63, 3.8) is 0 Å². The first-order valence-electron chi connectivity index (χ1n) is 7.79. The Hall–Kier alpha value is -0.660. The van der Waals surface area contributed by atoms with E-state index in [-0.39, 0.29) is 105 Å². The molecule has 8 nitrogen and oxygen atoms in total. The van der Waals surface area contributed by atoms with Crippen molar-refractivity contribution >= 4 is 32.4 Å². The Kier molecular flexibility index (Phi) is 9.00. The number of rotatable bonds is 2. The molecule has 0 amide bonds. The predicted octanol–water partition coefficient (Wildman–Crippen LogP) is -4.44. The zero-order valence-corrected chi connectivity index (χ0v) is 21.6. The fraction of sp³-hybridized carbons (Fsp3) is 0.111. The first kappa shape index (κ1) is 27.4. The van der Waals surface area contributed by atoms with Crippen LogP contribution in [0.4, 0.5) is 0 Å². The average Bonchev–Trinajstić information content (AvgIpc) is 3.11. The standard InChI is InChI=1S/C18H11O7S2.2Na.H2O/c19-17-13-7-11(26(21)22)3-1-9(13)5-15(17)16-6-10-2-4-12(27(23,24)25)8-14(10)18(16)20;;;/h1-4,7-8H,5-6H2,(H,23,24,25);;;1H2/q-1;2*+1;/p-2/b16-15+;;;. The van der Waals surface area contributed by atoms with Crippen molar-refractivity contribution < 1.29 is 95.6 Å². The van der Waals surface area contributed by atoms with E-state index >= 15 is 0 Å². The van der Waals surface area contributed by atoms with Crippen LogP contribution in [0, 0.1) is 0 Å². The molecule has 30 heavy (non-hydrogen) atoms. The Morgan fingerprint density at radius 3 is 1.73 bits per heavy atom. The second-order valence-corrected chi connectivity index (χ2v) is 8.62. The van der Waals surface area contributed by atoms with E-state index in [2.05, 4.69) is 0 Å². The summed E-state index contributed by atoms with van der Waals surface area (Å²) >= 11 is 0. The summed E-state index contributed by atoms with van der Waals surface area (Å²) in [6.45, 7) is 0. The molecule has 0 saturated heterocycles.